The minimum atomic E-state index is -5.07. The van der Waals surface area contributed by atoms with E-state index < -0.39 is 53.8 Å². The fourth-order valence-electron chi connectivity index (χ4n) is 5.06. The lowest BCUT2D eigenvalue weighted by atomic mass is 10.2. The molecule has 23 heteroatoms. The summed E-state index contributed by atoms with van der Waals surface area (Å²) in [5.41, 5.74) is 7.44. The zero-order valence-corrected chi connectivity index (χ0v) is 31.0. The summed E-state index contributed by atoms with van der Waals surface area (Å²) >= 11 is 11.8. The molecule has 4 aromatic carbocycles. The number of aliphatic imine (C=N–C) groups is 1. The molecule has 0 radical (unpaired) electrons. The van der Waals surface area contributed by atoms with E-state index in [9.17, 15) is 48.7 Å². The van der Waals surface area contributed by atoms with Crippen LogP contribution in [0.15, 0.2) is 114 Å². The van der Waals surface area contributed by atoms with Gasteiger partial charge < -0.3 is 20.5 Å². The maximum Gasteiger partial charge on any atom is 0.573 e. The first-order valence-electron chi connectivity index (χ1n) is 16.3. The van der Waals surface area contributed by atoms with Crippen molar-refractivity contribution in [3.63, 3.8) is 0 Å². The van der Waals surface area contributed by atoms with Gasteiger partial charge in [0, 0.05) is 45.5 Å². The Hall–Kier alpha value is -6.19. The molecule has 2 heterocycles. The van der Waals surface area contributed by atoms with Crippen LogP contribution < -0.4 is 36.3 Å². The molecule has 0 spiro atoms. The predicted molar refractivity (Wildman–Crippen MR) is 197 cm³/mol. The van der Waals surface area contributed by atoms with Crippen molar-refractivity contribution in [3.05, 3.63) is 136 Å². The number of anilines is 2. The SMILES string of the molecule is CC1C=C(N)N(c2cccc(OC(F)(F)F)c2)N1.O=C(NC(=Nc1cc(C(F)(F)F)nn1-c1cccc(OC(F)(F)F)c1)Nc1cc(F)cc(Cl)c1)c1cccc(Cl)c1. The van der Waals surface area contributed by atoms with E-state index in [1.807, 2.05) is 6.92 Å². The van der Waals surface area contributed by atoms with Gasteiger partial charge in [-0.3, -0.25) is 15.1 Å². The van der Waals surface area contributed by atoms with E-state index in [1.165, 1.54) is 53.5 Å². The van der Waals surface area contributed by atoms with E-state index in [0.717, 1.165) is 36.4 Å². The molecule has 1 aromatic heterocycles. The van der Waals surface area contributed by atoms with E-state index >= 15 is 0 Å². The second-order valence-electron chi connectivity index (χ2n) is 11.9. The minimum Gasteiger partial charge on any atom is -0.406 e. The maximum atomic E-state index is 14.0. The quantitative estimate of drug-likeness (QED) is 0.0723. The van der Waals surface area contributed by atoms with Gasteiger partial charge in [-0.1, -0.05) is 41.4 Å². The average Bonchev–Trinajstić information content (AvgIpc) is 3.69. The Kier molecular flexibility index (Phi) is 13.2. The Morgan fingerprint density at radius 1 is 0.814 bits per heavy atom. The Bertz CT molecular complexity index is 2350. The van der Waals surface area contributed by atoms with E-state index in [-0.39, 0.29) is 38.8 Å². The lowest BCUT2D eigenvalue weighted by Gasteiger charge is -2.21. The summed E-state index contributed by atoms with van der Waals surface area (Å²) < 4.78 is 137. The summed E-state index contributed by atoms with van der Waals surface area (Å²) in [7, 11) is 0. The minimum absolute atomic E-state index is 0.0252. The number of nitrogens with two attached hydrogens (primary N) is 1. The monoisotopic (exact) mass is 878 g/mol. The van der Waals surface area contributed by atoms with Gasteiger partial charge in [0.1, 0.15) is 23.1 Å². The highest BCUT2D eigenvalue weighted by atomic mass is 35.5. The van der Waals surface area contributed by atoms with Crippen molar-refractivity contribution < 1.29 is 58.2 Å². The number of rotatable bonds is 7. The normalized spacial score (nSPS) is 14.6. The Labute approximate surface area is 336 Å². The molecular formula is C36H26Cl2F10N8O3. The molecule has 1 unspecified atom stereocenters. The molecular weight excluding hydrogens is 853 g/mol. The number of nitrogens with one attached hydrogen (secondary N) is 3. The van der Waals surface area contributed by atoms with Gasteiger partial charge in [0.25, 0.3) is 5.91 Å². The first-order chi connectivity index (χ1) is 27.5. The molecule has 0 bridgehead atoms. The third kappa shape index (κ3) is 12.9. The van der Waals surface area contributed by atoms with Crippen LogP contribution in [-0.4, -0.2) is 40.4 Å². The highest BCUT2D eigenvalue weighted by molar-refractivity contribution is 6.31. The van der Waals surface area contributed by atoms with Crippen molar-refractivity contribution in [2.75, 3.05) is 10.3 Å². The number of halogens is 12. The second-order valence-corrected chi connectivity index (χ2v) is 12.8. The number of hydrogen-bond donors (Lipinski definition) is 4. The summed E-state index contributed by atoms with van der Waals surface area (Å²) in [6.45, 7) is 1.88. The number of hydrogen-bond acceptors (Lipinski definition) is 8. The number of carbonyl (C=O) groups excluding carboxylic acids is 1. The van der Waals surface area contributed by atoms with Crippen LogP contribution >= 0.6 is 23.2 Å². The van der Waals surface area contributed by atoms with Crippen LogP contribution in [0.4, 0.5) is 61.1 Å². The zero-order chi connectivity index (χ0) is 43.3. The van der Waals surface area contributed by atoms with Crippen LogP contribution in [0.1, 0.15) is 23.0 Å². The summed E-state index contributed by atoms with van der Waals surface area (Å²) in [5, 5.41) is 9.99. The molecule has 6 rings (SSSR count). The molecule has 1 amide bonds. The molecule has 0 fully saturated rings. The molecule has 0 aliphatic carbocycles. The topological polar surface area (TPSA) is 131 Å². The Morgan fingerprint density at radius 3 is 1.98 bits per heavy atom. The second kappa shape index (κ2) is 17.7. The van der Waals surface area contributed by atoms with Gasteiger partial charge in [0.05, 0.1) is 11.4 Å². The molecule has 0 saturated carbocycles. The largest absolute Gasteiger partial charge is 0.573 e. The van der Waals surface area contributed by atoms with Gasteiger partial charge in [-0.05, 0) is 73.7 Å². The fraction of sp³-hybridized carbons (Fsp3) is 0.139. The maximum absolute atomic E-state index is 14.0. The van der Waals surface area contributed by atoms with E-state index in [4.69, 9.17) is 28.9 Å². The zero-order valence-electron chi connectivity index (χ0n) is 29.5. The Morgan fingerprint density at radius 2 is 1.42 bits per heavy atom. The summed E-state index contributed by atoms with van der Waals surface area (Å²) in [6.07, 6.45) is -13.0. The van der Waals surface area contributed by atoms with E-state index in [0.29, 0.717) is 22.3 Å². The van der Waals surface area contributed by atoms with Crippen molar-refractivity contribution in [2.45, 2.75) is 31.9 Å². The van der Waals surface area contributed by atoms with Crippen LogP contribution in [0, 0.1) is 5.82 Å². The lowest BCUT2D eigenvalue weighted by molar-refractivity contribution is -0.275. The standard InChI is InChI=1S/C25H14Cl2F7N5O2.C11H12F3N3O/c26-14-4-1-3-13(7-14)22(40)37-23(35-17-9-15(27)8-16(28)10-17)36-21-12-20(24(29,30)31)38-39(21)18-5-2-6-19(11-18)41-25(32,33)34;1-7-5-10(15)17(16-7)8-3-2-4-9(6-8)18-11(12,13)14/h1-12H,(H2,35,36,37,40);2-7,16H,15H2,1H3. The number of nitrogens with zero attached hydrogens (tertiary/aromatic N) is 4. The van der Waals surface area contributed by atoms with Crippen LogP contribution in [0.2, 0.25) is 10.0 Å². The highest BCUT2D eigenvalue weighted by Crippen LogP contribution is 2.34. The summed E-state index contributed by atoms with van der Waals surface area (Å²) in [6, 6.07) is 18.9. The number of benzene rings is 4. The predicted octanol–water partition coefficient (Wildman–Crippen LogP) is 9.86. The molecule has 0 saturated heterocycles. The number of amides is 1. The van der Waals surface area contributed by atoms with Crippen molar-refractivity contribution in [2.24, 2.45) is 10.7 Å². The highest BCUT2D eigenvalue weighted by Gasteiger charge is 2.36. The fourth-order valence-corrected chi connectivity index (χ4v) is 5.47. The Balaban J connectivity index is 0.000000305. The molecule has 312 valence electrons. The van der Waals surface area contributed by atoms with Crippen LogP contribution in [0.3, 0.4) is 0 Å². The number of guanidine groups is 1. The third-order valence-corrected chi connectivity index (χ3v) is 7.72. The van der Waals surface area contributed by atoms with Crippen LogP contribution in [0.25, 0.3) is 5.69 Å². The van der Waals surface area contributed by atoms with Gasteiger partial charge in [-0.2, -0.15) is 23.3 Å². The number of alkyl halides is 9. The summed E-state index contributed by atoms with van der Waals surface area (Å²) in [5.74, 6) is -3.29. The lowest BCUT2D eigenvalue weighted by Crippen LogP contribution is -2.37. The molecule has 1 atom stereocenters. The number of ether oxygens (including phenoxy) is 2. The van der Waals surface area contributed by atoms with Gasteiger partial charge in [0.15, 0.2) is 11.5 Å². The molecule has 5 aromatic rings. The van der Waals surface area contributed by atoms with Gasteiger partial charge in [-0.15, -0.1) is 26.3 Å². The molecule has 1 aliphatic rings. The van der Waals surface area contributed by atoms with Gasteiger partial charge in [0.2, 0.25) is 5.96 Å². The average molecular weight is 880 g/mol. The van der Waals surface area contributed by atoms with E-state index in [2.05, 4.69) is 35.6 Å². The molecule has 11 nitrogen and oxygen atoms in total. The first kappa shape index (κ1) is 43.9. The van der Waals surface area contributed by atoms with Gasteiger partial charge >= 0.3 is 18.9 Å². The van der Waals surface area contributed by atoms with Crippen LogP contribution in [-0.2, 0) is 6.18 Å². The molecule has 1 aliphatic heterocycles. The van der Waals surface area contributed by atoms with Gasteiger partial charge in [-0.25, -0.2) is 14.5 Å². The third-order valence-electron chi connectivity index (χ3n) is 7.27. The van der Waals surface area contributed by atoms with Crippen molar-refractivity contribution in [1.82, 2.24) is 20.5 Å². The smallest absolute Gasteiger partial charge is 0.406 e. The molecule has 5 N–H and O–H groups in total. The molecule has 59 heavy (non-hydrogen) atoms. The van der Waals surface area contributed by atoms with Crippen molar-refractivity contribution >= 4 is 52.3 Å². The number of carbonyl (C=O) groups is 1. The summed E-state index contributed by atoms with van der Waals surface area (Å²) in [4.78, 5) is 16.9. The van der Waals surface area contributed by atoms with Crippen molar-refractivity contribution in [1.29, 1.82) is 0 Å². The van der Waals surface area contributed by atoms with Crippen molar-refractivity contribution in [3.8, 4) is 17.2 Å². The first-order valence-corrected chi connectivity index (χ1v) is 17.1. The van der Waals surface area contributed by atoms with Crippen LogP contribution in [0.5, 0.6) is 11.5 Å². The van der Waals surface area contributed by atoms with E-state index in [1.54, 1.807) is 12.1 Å². The number of aromatic nitrogens is 2. The number of hydrazine groups is 1.